The highest BCUT2D eigenvalue weighted by Gasteiger charge is 2.17. The van der Waals surface area contributed by atoms with Gasteiger partial charge in [0.25, 0.3) is 0 Å². The Bertz CT molecular complexity index is 320. The van der Waals surface area contributed by atoms with Crippen LogP contribution in [0.5, 0.6) is 0 Å². The number of nitrogens with zero attached hydrogens (tertiary/aromatic N) is 2. The second kappa shape index (κ2) is 5.65. The first-order valence-electron chi connectivity index (χ1n) is 5.38. The van der Waals surface area contributed by atoms with Crippen LogP contribution in [0.4, 0.5) is 0 Å². The number of aromatic nitrogens is 2. The summed E-state index contributed by atoms with van der Waals surface area (Å²) in [6.07, 6.45) is 4.07. The molecule has 0 unspecified atom stereocenters. The molecule has 0 spiro atoms. The van der Waals surface area contributed by atoms with Crippen molar-refractivity contribution in [3.05, 3.63) is 18.5 Å². The fraction of sp³-hybridized carbons (Fsp3) is 0.636. The molecular formula is C11H19N3O2. The second-order valence-electron chi connectivity index (χ2n) is 4.62. The molecule has 1 aromatic rings. The van der Waals surface area contributed by atoms with Gasteiger partial charge in [-0.1, -0.05) is 13.8 Å². The number of carbonyl (C=O) groups excluding carboxylic acids is 1. The Hall–Kier alpha value is -1.36. The molecule has 1 heterocycles. The van der Waals surface area contributed by atoms with Gasteiger partial charge in [0.2, 0.25) is 5.91 Å². The molecule has 0 saturated heterocycles. The van der Waals surface area contributed by atoms with Crippen LogP contribution >= 0.6 is 0 Å². The molecule has 0 fully saturated rings. The molecule has 1 amide bonds. The predicted molar refractivity (Wildman–Crippen MR) is 60.7 cm³/mol. The van der Waals surface area contributed by atoms with Gasteiger partial charge in [-0.05, 0) is 17.9 Å². The van der Waals surface area contributed by atoms with Crippen LogP contribution in [0, 0.1) is 5.41 Å². The Balaban J connectivity index is 2.30. The molecule has 1 rings (SSSR count). The van der Waals surface area contributed by atoms with Crippen molar-refractivity contribution in [2.75, 3.05) is 13.2 Å². The van der Waals surface area contributed by atoms with E-state index in [4.69, 9.17) is 5.11 Å². The van der Waals surface area contributed by atoms with Crippen LogP contribution in [0.2, 0.25) is 0 Å². The van der Waals surface area contributed by atoms with Gasteiger partial charge in [0.05, 0.1) is 0 Å². The van der Waals surface area contributed by atoms with Gasteiger partial charge in [0.1, 0.15) is 6.54 Å². The van der Waals surface area contributed by atoms with Crippen molar-refractivity contribution >= 4 is 5.91 Å². The van der Waals surface area contributed by atoms with E-state index in [0.717, 1.165) is 0 Å². The van der Waals surface area contributed by atoms with Crippen molar-refractivity contribution in [2.45, 2.75) is 26.8 Å². The maximum Gasteiger partial charge on any atom is 0.241 e. The maximum absolute atomic E-state index is 11.5. The standard InChI is InChI=1S/C11H19N3O2/c1-11(2,4-7-15)9-12-10(16)8-14-6-3-5-13-14/h3,5-6,15H,4,7-9H2,1-2H3,(H,12,16). The second-order valence-corrected chi connectivity index (χ2v) is 4.62. The zero-order chi connectivity index (χ0) is 12.0. The van der Waals surface area contributed by atoms with Crippen molar-refractivity contribution in [3.8, 4) is 0 Å². The van der Waals surface area contributed by atoms with E-state index in [9.17, 15) is 4.79 Å². The summed E-state index contributed by atoms with van der Waals surface area (Å²) in [5.74, 6) is -0.0604. The first-order chi connectivity index (χ1) is 7.53. The summed E-state index contributed by atoms with van der Waals surface area (Å²) in [4.78, 5) is 11.5. The van der Waals surface area contributed by atoms with Gasteiger partial charge in [-0.2, -0.15) is 5.10 Å². The number of aliphatic hydroxyl groups is 1. The van der Waals surface area contributed by atoms with Crippen molar-refractivity contribution < 1.29 is 9.90 Å². The minimum Gasteiger partial charge on any atom is -0.396 e. The molecule has 0 saturated carbocycles. The number of hydrogen-bond donors (Lipinski definition) is 2. The molecule has 0 aromatic carbocycles. The topological polar surface area (TPSA) is 67.2 Å². The van der Waals surface area contributed by atoms with Crippen molar-refractivity contribution in [1.82, 2.24) is 15.1 Å². The molecule has 0 aliphatic rings. The monoisotopic (exact) mass is 225 g/mol. The zero-order valence-corrected chi connectivity index (χ0v) is 9.81. The average Bonchev–Trinajstić information content (AvgIpc) is 2.68. The van der Waals surface area contributed by atoms with Crippen LogP contribution in [-0.2, 0) is 11.3 Å². The number of carbonyl (C=O) groups is 1. The molecule has 90 valence electrons. The molecule has 1 aromatic heterocycles. The largest absolute Gasteiger partial charge is 0.396 e. The highest BCUT2D eigenvalue weighted by atomic mass is 16.3. The number of amides is 1. The lowest BCUT2D eigenvalue weighted by molar-refractivity contribution is -0.122. The molecule has 0 bridgehead atoms. The molecule has 0 aliphatic carbocycles. The number of hydrogen-bond acceptors (Lipinski definition) is 3. The lowest BCUT2D eigenvalue weighted by Crippen LogP contribution is -2.36. The van der Waals surface area contributed by atoms with Gasteiger partial charge >= 0.3 is 0 Å². The summed E-state index contributed by atoms with van der Waals surface area (Å²) in [6, 6.07) is 1.78. The van der Waals surface area contributed by atoms with E-state index < -0.39 is 0 Å². The molecular weight excluding hydrogens is 206 g/mol. The predicted octanol–water partition coefficient (Wildman–Crippen LogP) is 0.408. The minimum absolute atomic E-state index is 0.0604. The van der Waals surface area contributed by atoms with Crippen molar-refractivity contribution in [3.63, 3.8) is 0 Å². The Morgan fingerprint density at radius 1 is 1.56 bits per heavy atom. The van der Waals surface area contributed by atoms with E-state index >= 15 is 0 Å². The lowest BCUT2D eigenvalue weighted by atomic mass is 9.90. The zero-order valence-electron chi connectivity index (χ0n) is 9.81. The third-order valence-corrected chi connectivity index (χ3v) is 2.42. The van der Waals surface area contributed by atoms with Crippen LogP contribution in [0.3, 0.4) is 0 Å². The average molecular weight is 225 g/mol. The van der Waals surface area contributed by atoms with Gasteiger partial charge in [0.15, 0.2) is 0 Å². The molecule has 16 heavy (non-hydrogen) atoms. The summed E-state index contributed by atoms with van der Waals surface area (Å²) in [6.45, 7) is 4.96. The summed E-state index contributed by atoms with van der Waals surface area (Å²) >= 11 is 0. The SMILES string of the molecule is CC(C)(CCO)CNC(=O)Cn1cccn1. The molecule has 0 radical (unpaired) electrons. The molecule has 2 N–H and O–H groups in total. The number of rotatable bonds is 6. The first kappa shape index (κ1) is 12.7. The Morgan fingerprint density at radius 2 is 2.31 bits per heavy atom. The fourth-order valence-electron chi connectivity index (χ4n) is 1.33. The van der Waals surface area contributed by atoms with Crippen molar-refractivity contribution in [1.29, 1.82) is 0 Å². The number of aliphatic hydroxyl groups excluding tert-OH is 1. The van der Waals surface area contributed by atoms with Crippen LogP contribution in [0.15, 0.2) is 18.5 Å². The van der Waals surface area contributed by atoms with Crippen LogP contribution < -0.4 is 5.32 Å². The highest BCUT2D eigenvalue weighted by molar-refractivity contribution is 5.75. The third kappa shape index (κ3) is 4.44. The molecule has 0 aliphatic heterocycles. The molecule has 5 heteroatoms. The molecule has 0 atom stereocenters. The summed E-state index contributed by atoms with van der Waals surface area (Å²) < 4.78 is 1.58. The summed E-state index contributed by atoms with van der Waals surface area (Å²) in [7, 11) is 0. The van der Waals surface area contributed by atoms with Crippen LogP contribution in [0.1, 0.15) is 20.3 Å². The van der Waals surface area contributed by atoms with E-state index in [1.807, 2.05) is 13.8 Å². The Labute approximate surface area is 95.5 Å². The van der Waals surface area contributed by atoms with E-state index in [2.05, 4.69) is 10.4 Å². The summed E-state index contributed by atoms with van der Waals surface area (Å²) in [5.41, 5.74) is -0.0749. The Kier molecular flexibility index (Phi) is 4.49. The van der Waals surface area contributed by atoms with E-state index in [1.54, 1.807) is 23.1 Å². The maximum atomic E-state index is 11.5. The van der Waals surface area contributed by atoms with Gasteiger partial charge in [0, 0.05) is 25.5 Å². The number of nitrogens with one attached hydrogen (secondary N) is 1. The minimum atomic E-state index is -0.0749. The van der Waals surface area contributed by atoms with E-state index in [0.29, 0.717) is 13.0 Å². The van der Waals surface area contributed by atoms with Gasteiger partial charge in [-0.25, -0.2) is 0 Å². The van der Waals surface area contributed by atoms with Crippen LogP contribution in [-0.4, -0.2) is 33.9 Å². The normalized spacial score (nSPS) is 11.4. The lowest BCUT2D eigenvalue weighted by Gasteiger charge is -2.23. The Morgan fingerprint density at radius 3 is 2.88 bits per heavy atom. The summed E-state index contributed by atoms with van der Waals surface area (Å²) in [5, 5.41) is 15.6. The highest BCUT2D eigenvalue weighted by Crippen LogP contribution is 2.17. The molecule has 5 nitrogen and oxygen atoms in total. The van der Waals surface area contributed by atoms with Gasteiger partial charge in [-0.15, -0.1) is 0 Å². The third-order valence-electron chi connectivity index (χ3n) is 2.42. The van der Waals surface area contributed by atoms with E-state index in [-0.39, 0.29) is 24.5 Å². The van der Waals surface area contributed by atoms with Gasteiger partial charge < -0.3 is 10.4 Å². The van der Waals surface area contributed by atoms with Crippen LogP contribution in [0.25, 0.3) is 0 Å². The quantitative estimate of drug-likeness (QED) is 0.736. The fourth-order valence-corrected chi connectivity index (χ4v) is 1.33. The van der Waals surface area contributed by atoms with E-state index in [1.165, 1.54) is 0 Å². The van der Waals surface area contributed by atoms with Gasteiger partial charge in [-0.3, -0.25) is 9.48 Å². The smallest absolute Gasteiger partial charge is 0.241 e. The first-order valence-corrected chi connectivity index (χ1v) is 5.38. The van der Waals surface area contributed by atoms with Crippen molar-refractivity contribution in [2.24, 2.45) is 5.41 Å².